The van der Waals surface area contributed by atoms with Crippen molar-refractivity contribution in [3.05, 3.63) is 48.0 Å². The van der Waals surface area contributed by atoms with E-state index in [4.69, 9.17) is 4.74 Å². The number of aromatic nitrogens is 2. The van der Waals surface area contributed by atoms with Gasteiger partial charge in [-0.25, -0.2) is 4.79 Å². The SMILES string of the molecule is CN1CCN(c2cncc(CC(=O)NC(C(=O)OC(C)(C)C)c3cncc(N4CCN(C)CC4)c3)c2)CC1. The normalized spacial score (nSPS) is 18.2. The molecule has 2 aliphatic rings. The number of rotatable bonds is 7. The van der Waals surface area contributed by atoms with Crippen molar-refractivity contribution in [1.29, 1.82) is 0 Å². The zero-order valence-corrected chi connectivity index (χ0v) is 23.3. The van der Waals surface area contributed by atoms with Gasteiger partial charge in [0.2, 0.25) is 5.91 Å². The highest BCUT2D eigenvalue weighted by Gasteiger charge is 2.29. The van der Waals surface area contributed by atoms with Crippen LogP contribution in [0.25, 0.3) is 0 Å². The van der Waals surface area contributed by atoms with Crippen LogP contribution in [-0.4, -0.2) is 104 Å². The van der Waals surface area contributed by atoms with E-state index >= 15 is 0 Å². The Morgan fingerprint density at radius 3 is 1.92 bits per heavy atom. The van der Waals surface area contributed by atoms with Gasteiger partial charge in [0.25, 0.3) is 0 Å². The van der Waals surface area contributed by atoms with Crippen molar-refractivity contribution >= 4 is 23.3 Å². The molecule has 0 aromatic carbocycles. The molecule has 0 aliphatic carbocycles. The van der Waals surface area contributed by atoms with Gasteiger partial charge in [0, 0.05) is 70.3 Å². The Morgan fingerprint density at radius 1 is 0.842 bits per heavy atom. The van der Waals surface area contributed by atoms with Crippen LogP contribution < -0.4 is 15.1 Å². The van der Waals surface area contributed by atoms with Crippen LogP contribution in [0.2, 0.25) is 0 Å². The number of carbonyl (C=O) groups is 2. The Hall–Kier alpha value is -3.24. The lowest BCUT2D eigenvalue weighted by atomic mass is 10.1. The summed E-state index contributed by atoms with van der Waals surface area (Å²) in [5.41, 5.74) is 2.65. The number of ether oxygens (including phenoxy) is 1. The average molecular weight is 524 g/mol. The lowest BCUT2D eigenvalue weighted by molar-refractivity contribution is -0.158. The summed E-state index contributed by atoms with van der Waals surface area (Å²) in [6, 6.07) is 2.98. The molecule has 0 saturated carbocycles. The average Bonchev–Trinajstić information content (AvgIpc) is 2.87. The Balaban J connectivity index is 1.49. The summed E-state index contributed by atoms with van der Waals surface area (Å²) in [6.45, 7) is 12.9. The maximum Gasteiger partial charge on any atom is 0.333 e. The Labute approximate surface area is 226 Å². The van der Waals surface area contributed by atoms with Gasteiger partial charge in [-0.15, -0.1) is 0 Å². The zero-order chi connectivity index (χ0) is 27.3. The van der Waals surface area contributed by atoms with Gasteiger partial charge in [0.1, 0.15) is 5.60 Å². The van der Waals surface area contributed by atoms with Crippen LogP contribution in [-0.2, 0) is 20.7 Å². The van der Waals surface area contributed by atoms with E-state index < -0.39 is 17.6 Å². The minimum Gasteiger partial charge on any atom is -0.458 e. The highest BCUT2D eigenvalue weighted by Crippen LogP contribution is 2.24. The lowest BCUT2D eigenvalue weighted by Gasteiger charge is -2.34. The molecule has 0 radical (unpaired) electrons. The van der Waals surface area contributed by atoms with Gasteiger partial charge in [-0.1, -0.05) is 0 Å². The predicted molar refractivity (Wildman–Crippen MR) is 148 cm³/mol. The van der Waals surface area contributed by atoms with E-state index in [0.717, 1.165) is 69.3 Å². The quantitative estimate of drug-likeness (QED) is 0.545. The second-order valence-corrected chi connectivity index (χ2v) is 11.3. The van der Waals surface area contributed by atoms with E-state index in [-0.39, 0.29) is 12.3 Å². The largest absolute Gasteiger partial charge is 0.458 e. The van der Waals surface area contributed by atoms with Crippen LogP contribution in [0.3, 0.4) is 0 Å². The number of amides is 1. The lowest BCUT2D eigenvalue weighted by Crippen LogP contribution is -2.44. The minimum absolute atomic E-state index is 0.111. The predicted octanol–water partition coefficient (Wildman–Crippen LogP) is 1.72. The van der Waals surface area contributed by atoms with Gasteiger partial charge in [0.05, 0.1) is 30.2 Å². The number of nitrogens with one attached hydrogen (secondary N) is 1. The van der Waals surface area contributed by atoms with Crippen LogP contribution in [0.4, 0.5) is 11.4 Å². The number of likely N-dealkylation sites (N-methyl/N-ethyl adjacent to an activating group) is 2. The molecule has 4 rings (SSSR count). The minimum atomic E-state index is -0.963. The number of anilines is 2. The molecule has 2 aromatic heterocycles. The van der Waals surface area contributed by atoms with Crippen LogP contribution in [0.5, 0.6) is 0 Å². The van der Waals surface area contributed by atoms with E-state index in [0.29, 0.717) is 5.56 Å². The number of hydrogen-bond donors (Lipinski definition) is 1. The highest BCUT2D eigenvalue weighted by atomic mass is 16.6. The first-order valence-electron chi connectivity index (χ1n) is 13.4. The zero-order valence-electron chi connectivity index (χ0n) is 23.3. The van der Waals surface area contributed by atoms with Gasteiger partial charge in [-0.3, -0.25) is 14.8 Å². The molecule has 4 heterocycles. The first kappa shape index (κ1) is 27.8. The molecule has 0 bridgehead atoms. The van der Waals surface area contributed by atoms with Crippen molar-refractivity contribution in [2.24, 2.45) is 0 Å². The van der Waals surface area contributed by atoms with Gasteiger partial charge in [0.15, 0.2) is 6.04 Å². The van der Waals surface area contributed by atoms with E-state index in [1.54, 1.807) is 18.6 Å². The molecule has 2 aromatic rings. The van der Waals surface area contributed by atoms with Crippen molar-refractivity contribution in [1.82, 2.24) is 25.1 Å². The summed E-state index contributed by atoms with van der Waals surface area (Å²) in [5, 5.41) is 2.92. The number of hydrogen-bond acceptors (Lipinski definition) is 9. The number of carbonyl (C=O) groups excluding carboxylic acids is 2. The van der Waals surface area contributed by atoms with Gasteiger partial charge in [-0.2, -0.15) is 0 Å². The number of piperazine rings is 2. The molecule has 2 aliphatic heterocycles. The van der Waals surface area contributed by atoms with Crippen molar-refractivity contribution in [3.63, 3.8) is 0 Å². The molecular formula is C28H41N7O3. The third kappa shape index (κ3) is 7.64. The fraction of sp³-hybridized carbons (Fsp3) is 0.571. The molecule has 10 heteroatoms. The Bertz CT molecular complexity index is 1100. The smallest absolute Gasteiger partial charge is 0.333 e. The molecule has 10 nitrogen and oxygen atoms in total. The van der Waals surface area contributed by atoms with E-state index in [1.165, 1.54) is 0 Å². The first-order chi connectivity index (χ1) is 18.1. The summed E-state index contributed by atoms with van der Waals surface area (Å²) in [5.74, 6) is -0.782. The van der Waals surface area contributed by atoms with Crippen LogP contribution in [0.15, 0.2) is 36.9 Å². The highest BCUT2D eigenvalue weighted by molar-refractivity contribution is 5.87. The fourth-order valence-corrected chi connectivity index (χ4v) is 4.69. The molecule has 1 amide bonds. The summed E-state index contributed by atoms with van der Waals surface area (Å²) < 4.78 is 5.69. The summed E-state index contributed by atoms with van der Waals surface area (Å²) >= 11 is 0. The monoisotopic (exact) mass is 523 g/mol. The summed E-state index contributed by atoms with van der Waals surface area (Å²) in [4.78, 5) is 44.4. The van der Waals surface area contributed by atoms with Crippen LogP contribution in [0, 0.1) is 0 Å². The Morgan fingerprint density at radius 2 is 1.37 bits per heavy atom. The molecule has 38 heavy (non-hydrogen) atoms. The second kappa shape index (κ2) is 12.1. The van der Waals surface area contributed by atoms with Crippen LogP contribution in [0.1, 0.15) is 37.9 Å². The molecule has 2 fully saturated rings. The third-order valence-electron chi connectivity index (χ3n) is 6.91. The van der Waals surface area contributed by atoms with Crippen molar-refractivity contribution in [3.8, 4) is 0 Å². The standard InChI is InChI=1S/C28H41N7O3/c1-28(2,3)38-27(37)26(22-16-24(20-30-18-22)35-12-8-33(5)9-13-35)31-25(36)15-21-14-23(19-29-17-21)34-10-6-32(4)7-11-34/h14,16-20,26H,6-13,15H2,1-5H3,(H,31,36). The summed E-state index contributed by atoms with van der Waals surface area (Å²) in [7, 11) is 4.23. The number of pyridine rings is 2. The molecule has 1 unspecified atom stereocenters. The van der Waals surface area contributed by atoms with E-state index in [9.17, 15) is 9.59 Å². The Kier molecular flexibility index (Phi) is 8.83. The molecule has 1 atom stereocenters. The molecule has 206 valence electrons. The molecule has 0 spiro atoms. The van der Waals surface area contributed by atoms with Crippen molar-refractivity contribution in [2.75, 3.05) is 76.3 Å². The van der Waals surface area contributed by atoms with Gasteiger partial charge < -0.3 is 29.7 Å². The summed E-state index contributed by atoms with van der Waals surface area (Å²) in [6.07, 6.45) is 7.09. The van der Waals surface area contributed by atoms with Gasteiger partial charge >= 0.3 is 5.97 Å². The fourth-order valence-electron chi connectivity index (χ4n) is 4.69. The van der Waals surface area contributed by atoms with E-state index in [1.807, 2.05) is 39.1 Å². The number of nitrogens with zero attached hydrogens (tertiary/aromatic N) is 6. The first-order valence-corrected chi connectivity index (χ1v) is 13.4. The molecular weight excluding hydrogens is 482 g/mol. The van der Waals surface area contributed by atoms with Crippen molar-refractivity contribution < 1.29 is 14.3 Å². The van der Waals surface area contributed by atoms with Crippen LogP contribution >= 0.6 is 0 Å². The van der Waals surface area contributed by atoms with E-state index in [2.05, 4.69) is 49.0 Å². The maximum absolute atomic E-state index is 13.3. The number of esters is 1. The molecule has 1 N–H and O–H groups in total. The molecule has 2 saturated heterocycles. The topological polar surface area (TPSA) is 94.1 Å². The third-order valence-corrected chi connectivity index (χ3v) is 6.91. The van der Waals surface area contributed by atoms with Crippen molar-refractivity contribution in [2.45, 2.75) is 38.8 Å². The maximum atomic E-state index is 13.3. The second-order valence-electron chi connectivity index (χ2n) is 11.3. The van der Waals surface area contributed by atoms with Gasteiger partial charge in [-0.05, 0) is 52.6 Å².